The van der Waals surface area contributed by atoms with Crippen LogP contribution < -0.4 is 10.0 Å². The van der Waals surface area contributed by atoms with Crippen molar-refractivity contribution in [2.75, 3.05) is 25.5 Å². The first kappa shape index (κ1) is 21.2. The second-order valence-electron chi connectivity index (χ2n) is 4.89. The normalized spacial score (nSPS) is 16.5. The lowest BCUT2D eigenvalue weighted by Crippen LogP contribution is -2.39. The second-order valence-corrected chi connectivity index (χ2v) is 6.71. The van der Waals surface area contributed by atoms with E-state index in [2.05, 4.69) is 10.0 Å². The van der Waals surface area contributed by atoms with E-state index in [4.69, 9.17) is 11.6 Å². The van der Waals surface area contributed by atoms with Crippen molar-refractivity contribution in [2.24, 2.45) is 0 Å². The number of amides is 1. The van der Waals surface area contributed by atoms with Gasteiger partial charge in [0, 0.05) is 25.8 Å². The van der Waals surface area contributed by atoms with E-state index in [1.165, 1.54) is 18.2 Å². The Labute approximate surface area is 154 Å². The molecule has 1 atom stereocenters. The number of carbonyl (C=O) groups is 1. The van der Waals surface area contributed by atoms with Crippen LogP contribution in [0.5, 0.6) is 0 Å². The molecule has 0 radical (unpaired) electrons. The molecule has 0 aromatic heterocycles. The SMILES string of the molecule is CN1CCCNS1=O.O=CNc1ccc(F)c(Cl)c1.c1ccccc1. The third kappa shape index (κ3) is 9.31. The Bertz CT molecular complexity index is 635. The minimum Gasteiger partial charge on any atom is -0.329 e. The second kappa shape index (κ2) is 12.5. The third-order valence-corrected chi connectivity index (χ3v) is 4.46. The highest BCUT2D eigenvalue weighted by molar-refractivity contribution is 7.80. The lowest BCUT2D eigenvalue weighted by atomic mass is 10.3. The highest BCUT2D eigenvalue weighted by atomic mass is 35.5. The Hall–Kier alpha value is -1.80. The first-order valence-corrected chi connectivity index (χ1v) is 9.05. The molecular formula is C17H21ClFN3O2S. The molecule has 8 heteroatoms. The number of hydrogen-bond acceptors (Lipinski definition) is 2. The zero-order chi connectivity index (χ0) is 18.5. The molecule has 0 spiro atoms. The van der Waals surface area contributed by atoms with E-state index >= 15 is 0 Å². The summed E-state index contributed by atoms with van der Waals surface area (Å²) in [4.78, 5) is 9.92. The van der Waals surface area contributed by atoms with E-state index in [0.717, 1.165) is 19.5 Å². The quantitative estimate of drug-likeness (QED) is 0.780. The summed E-state index contributed by atoms with van der Waals surface area (Å²) in [5.41, 5.74) is 0.478. The molecule has 1 fully saturated rings. The number of hydrogen-bond donors (Lipinski definition) is 2. The molecule has 1 heterocycles. The van der Waals surface area contributed by atoms with Crippen molar-refractivity contribution in [1.82, 2.24) is 9.03 Å². The summed E-state index contributed by atoms with van der Waals surface area (Å²) in [6.45, 7) is 1.83. The Balaban J connectivity index is 0.000000197. The smallest absolute Gasteiger partial charge is 0.211 e. The maximum Gasteiger partial charge on any atom is 0.211 e. The monoisotopic (exact) mass is 385 g/mol. The Morgan fingerprint density at radius 1 is 1.24 bits per heavy atom. The molecule has 1 saturated heterocycles. The number of carbonyl (C=O) groups excluding carboxylic acids is 1. The van der Waals surface area contributed by atoms with Gasteiger partial charge in [0.15, 0.2) is 11.2 Å². The first-order valence-electron chi connectivity index (χ1n) is 7.56. The van der Waals surface area contributed by atoms with Crippen LogP contribution in [0.15, 0.2) is 54.6 Å². The average molecular weight is 386 g/mol. The van der Waals surface area contributed by atoms with Gasteiger partial charge in [-0.2, -0.15) is 0 Å². The number of halogens is 2. The number of nitrogens with zero attached hydrogens (tertiary/aromatic N) is 1. The molecule has 2 aromatic rings. The van der Waals surface area contributed by atoms with Gasteiger partial charge in [-0.15, -0.1) is 0 Å². The highest BCUT2D eigenvalue weighted by Gasteiger charge is 2.10. The predicted molar refractivity (Wildman–Crippen MR) is 101 cm³/mol. The molecule has 1 aliphatic rings. The maximum absolute atomic E-state index is 12.5. The molecule has 0 bridgehead atoms. The molecule has 0 saturated carbocycles. The van der Waals surface area contributed by atoms with Crippen LogP contribution in [0, 0.1) is 5.82 Å². The van der Waals surface area contributed by atoms with E-state index < -0.39 is 17.0 Å². The first-order chi connectivity index (χ1) is 12.0. The molecule has 0 aliphatic carbocycles. The summed E-state index contributed by atoms with van der Waals surface area (Å²) in [5.74, 6) is -0.497. The van der Waals surface area contributed by atoms with Crippen molar-refractivity contribution in [2.45, 2.75) is 6.42 Å². The van der Waals surface area contributed by atoms with E-state index in [9.17, 15) is 13.4 Å². The molecule has 2 N–H and O–H groups in total. The van der Waals surface area contributed by atoms with Crippen LogP contribution in [-0.4, -0.2) is 35.1 Å². The van der Waals surface area contributed by atoms with Gasteiger partial charge in [-0.05, 0) is 24.6 Å². The summed E-state index contributed by atoms with van der Waals surface area (Å²) < 4.78 is 27.8. The van der Waals surface area contributed by atoms with Gasteiger partial charge >= 0.3 is 0 Å². The van der Waals surface area contributed by atoms with E-state index in [0.29, 0.717) is 12.1 Å². The van der Waals surface area contributed by atoms with Gasteiger partial charge in [0.05, 0.1) is 5.02 Å². The zero-order valence-corrected chi connectivity index (χ0v) is 15.4. The Morgan fingerprint density at radius 3 is 2.24 bits per heavy atom. The molecule has 3 rings (SSSR count). The van der Waals surface area contributed by atoms with Crippen molar-refractivity contribution >= 4 is 34.9 Å². The standard InChI is InChI=1S/C7H5ClFNO.C6H6.C4H10N2OS/c8-6-3-5(10-4-11)1-2-7(6)9;1-2-4-6-5-3-1;1-6-4-2-3-5-8(6)7/h1-4H,(H,10,11);1-6H;5H,2-4H2,1H3. The minimum atomic E-state index is -0.902. The van der Waals surface area contributed by atoms with Crippen molar-refractivity contribution < 1.29 is 13.4 Å². The van der Waals surface area contributed by atoms with Gasteiger partial charge in [0.25, 0.3) is 0 Å². The molecule has 1 aliphatic heterocycles. The minimum absolute atomic E-state index is 0.00292. The van der Waals surface area contributed by atoms with Crippen LogP contribution in [0.2, 0.25) is 5.02 Å². The molecule has 5 nitrogen and oxygen atoms in total. The van der Waals surface area contributed by atoms with Crippen molar-refractivity contribution in [3.63, 3.8) is 0 Å². The van der Waals surface area contributed by atoms with Crippen LogP contribution in [0.1, 0.15) is 6.42 Å². The average Bonchev–Trinajstić information content (AvgIpc) is 2.64. The predicted octanol–water partition coefficient (Wildman–Crippen LogP) is 3.22. The zero-order valence-electron chi connectivity index (χ0n) is 13.8. The number of nitrogens with one attached hydrogen (secondary N) is 2. The lowest BCUT2D eigenvalue weighted by molar-refractivity contribution is -0.105. The van der Waals surface area contributed by atoms with E-state index in [1.807, 2.05) is 43.4 Å². The van der Waals surface area contributed by atoms with Crippen molar-refractivity contribution in [1.29, 1.82) is 0 Å². The highest BCUT2D eigenvalue weighted by Crippen LogP contribution is 2.18. The summed E-state index contributed by atoms with van der Waals surface area (Å²) in [5, 5.41) is 2.34. The molecule has 136 valence electrons. The van der Waals surface area contributed by atoms with E-state index in [1.54, 1.807) is 4.31 Å². The third-order valence-electron chi connectivity index (χ3n) is 2.97. The van der Waals surface area contributed by atoms with Gasteiger partial charge in [-0.1, -0.05) is 48.0 Å². The van der Waals surface area contributed by atoms with Crippen LogP contribution in [0.4, 0.5) is 10.1 Å². The van der Waals surface area contributed by atoms with Crippen LogP contribution in [0.3, 0.4) is 0 Å². The summed E-state index contributed by atoms with van der Waals surface area (Å²) >= 11 is 4.52. The van der Waals surface area contributed by atoms with Crippen LogP contribution in [-0.2, 0) is 16.0 Å². The number of rotatable bonds is 2. The topological polar surface area (TPSA) is 61.4 Å². The van der Waals surface area contributed by atoms with Crippen molar-refractivity contribution in [3.8, 4) is 0 Å². The van der Waals surface area contributed by atoms with Gasteiger partial charge < -0.3 is 5.32 Å². The van der Waals surface area contributed by atoms with Gasteiger partial charge in [0.1, 0.15) is 5.82 Å². The summed E-state index contributed by atoms with van der Waals surface area (Å²) in [6.07, 6.45) is 1.60. The lowest BCUT2D eigenvalue weighted by Gasteiger charge is -2.20. The Kier molecular flexibility index (Phi) is 10.7. The molecule has 1 amide bonds. The largest absolute Gasteiger partial charge is 0.329 e. The summed E-state index contributed by atoms with van der Waals surface area (Å²) in [7, 11) is 1.85. The Morgan fingerprint density at radius 2 is 1.84 bits per heavy atom. The van der Waals surface area contributed by atoms with Crippen LogP contribution in [0.25, 0.3) is 0 Å². The van der Waals surface area contributed by atoms with Crippen LogP contribution >= 0.6 is 11.6 Å². The van der Waals surface area contributed by atoms with Crippen molar-refractivity contribution in [3.05, 3.63) is 65.4 Å². The maximum atomic E-state index is 12.5. The van der Waals surface area contributed by atoms with Gasteiger partial charge in [-0.3, -0.25) is 4.79 Å². The number of anilines is 1. The summed E-state index contributed by atoms with van der Waals surface area (Å²) in [6, 6.07) is 16.0. The molecular weight excluding hydrogens is 365 g/mol. The molecule has 2 aromatic carbocycles. The fraction of sp³-hybridized carbons (Fsp3) is 0.235. The number of benzene rings is 2. The van der Waals surface area contributed by atoms with E-state index in [-0.39, 0.29) is 5.02 Å². The fourth-order valence-corrected chi connectivity index (χ4v) is 2.71. The fourth-order valence-electron chi connectivity index (χ4n) is 1.69. The van der Waals surface area contributed by atoms with Gasteiger partial charge in [-0.25, -0.2) is 17.6 Å². The molecule has 25 heavy (non-hydrogen) atoms. The molecule has 1 unspecified atom stereocenters. The van der Waals surface area contributed by atoms with Gasteiger partial charge in [0.2, 0.25) is 6.41 Å².